The monoisotopic (exact) mass is 400 g/mol. The van der Waals surface area contributed by atoms with Gasteiger partial charge in [-0.1, -0.05) is 55.8 Å². The third-order valence-corrected chi connectivity index (χ3v) is 5.27. The van der Waals surface area contributed by atoms with E-state index in [0.717, 1.165) is 21.1 Å². The molecule has 0 saturated carbocycles. The highest BCUT2D eigenvalue weighted by atomic mass is 127. The molecule has 106 valence electrons. The van der Waals surface area contributed by atoms with Gasteiger partial charge in [0.15, 0.2) is 0 Å². The fourth-order valence-electron chi connectivity index (χ4n) is 2.12. The molecule has 2 aromatic carbocycles. The molecule has 2 atom stereocenters. The van der Waals surface area contributed by atoms with Crippen molar-refractivity contribution in [3.8, 4) is 0 Å². The molecule has 0 radical (unpaired) electrons. The molecule has 0 aliphatic carbocycles. The molecule has 0 aliphatic rings. The summed E-state index contributed by atoms with van der Waals surface area (Å²) in [6.07, 6.45) is 0.490. The molecule has 1 nitrogen and oxygen atoms in total. The Morgan fingerprint density at radius 3 is 2.15 bits per heavy atom. The van der Waals surface area contributed by atoms with Crippen LogP contribution in [0.5, 0.6) is 0 Å². The van der Waals surface area contributed by atoms with Gasteiger partial charge < -0.3 is 5.11 Å². The summed E-state index contributed by atoms with van der Waals surface area (Å²) >= 11 is 8.29. The van der Waals surface area contributed by atoms with Crippen molar-refractivity contribution in [2.24, 2.45) is 0 Å². The zero-order valence-electron chi connectivity index (χ0n) is 11.6. The van der Waals surface area contributed by atoms with Crippen molar-refractivity contribution in [2.45, 2.75) is 32.3 Å². The van der Waals surface area contributed by atoms with Gasteiger partial charge in [0, 0.05) is 3.57 Å². The van der Waals surface area contributed by atoms with Gasteiger partial charge in [0.05, 0.1) is 5.02 Å². The average Bonchev–Trinajstić information content (AvgIpc) is 2.48. The maximum Gasteiger partial charge on any atom is 0.104 e. The number of rotatable bonds is 4. The molecule has 0 saturated heterocycles. The molecule has 20 heavy (non-hydrogen) atoms. The molecule has 0 fully saturated rings. The van der Waals surface area contributed by atoms with Gasteiger partial charge in [0.2, 0.25) is 0 Å². The smallest absolute Gasteiger partial charge is 0.104 e. The summed E-state index contributed by atoms with van der Waals surface area (Å²) < 4.78 is 0.993. The number of hydrogen-bond acceptors (Lipinski definition) is 1. The quantitative estimate of drug-likeness (QED) is 0.668. The van der Waals surface area contributed by atoms with Crippen molar-refractivity contribution >= 4 is 34.2 Å². The van der Waals surface area contributed by atoms with Crippen LogP contribution < -0.4 is 0 Å². The van der Waals surface area contributed by atoms with Gasteiger partial charge in [-0.05, 0) is 63.8 Å². The van der Waals surface area contributed by atoms with Crippen LogP contribution in [0.3, 0.4) is 0 Å². The van der Waals surface area contributed by atoms with Gasteiger partial charge in [0.1, 0.15) is 6.10 Å². The van der Waals surface area contributed by atoms with E-state index in [1.54, 1.807) is 0 Å². The molecule has 3 heteroatoms. The largest absolute Gasteiger partial charge is 0.384 e. The average molecular weight is 401 g/mol. The Bertz CT molecular complexity index is 580. The zero-order chi connectivity index (χ0) is 14.7. The lowest BCUT2D eigenvalue weighted by molar-refractivity contribution is 0.220. The summed E-state index contributed by atoms with van der Waals surface area (Å²) in [5.74, 6) is 0.550. The molecule has 2 aromatic rings. The van der Waals surface area contributed by atoms with Crippen molar-refractivity contribution in [1.82, 2.24) is 0 Å². The van der Waals surface area contributed by atoms with E-state index in [1.807, 2.05) is 30.3 Å². The van der Waals surface area contributed by atoms with E-state index in [9.17, 15) is 5.11 Å². The minimum absolute atomic E-state index is 0.550. The predicted octanol–water partition coefficient (Wildman–Crippen LogP) is 5.54. The lowest BCUT2D eigenvalue weighted by atomic mass is 9.95. The first-order valence-corrected chi connectivity index (χ1v) is 8.21. The second-order valence-electron chi connectivity index (χ2n) is 5.05. The van der Waals surface area contributed by atoms with Crippen LogP contribution in [-0.4, -0.2) is 5.11 Å². The van der Waals surface area contributed by atoms with Gasteiger partial charge in [0.25, 0.3) is 0 Å². The highest BCUT2D eigenvalue weighted by molar-refractivity contribution is 14.1. The minimum Gasteiger partial charge on any atom is -0.384 e. The Balaban J connectivity index is 2.24. The summed E-state index contributed by atoms with van der Waals surface area (Å²) in [5.41, 5.74) is 3.03. The highest BCUT2D eigenvalue weighted by Gasteiger charge is 2.12. The third-order valence-electron chi connectivity index (χ3n) is 3.69. The summed E-state index contributed by atoms with van der Waals surface area (Å²) in [6.45, 7) is 4.39. The molecule has 0 aliphatic heterocycles. The molecule has 0 bridgehead atoms. The topological polar surface area (TPSA) is 20.2 Å². The molecule has 0 spiro atoms. The second-order valence-corrected chi connectivity index (χ2v) is 6.62. The SMILES string of the molecule is CCC(C)c1ccc(C(O)c2ccc(I)c(Cl)c2)cc1. The molecular weight excluding hydrogens is 383 g/mol. The first-order valence-electron chi connectivity index (χ1n) is 6.75. The zero-order valence-corrected chi connectivity index (χ0v) is 14.5. The van der Waals surface area contributed by atoms with Crippen molar-refractivity contribution in [3.63, 3.8) is 0 Å². The van der Waals surface area contributed by atoms with Crippen molar-refractivity contribution in [1.29, 1.82) is 0 Å². The number of benzene rings is 2. The molecule has 2 unspecified atom stereocenters. The molecular formula is C17H18ClIO. The Morgan fingerprint density at radius 2 is 1.60 bits per heavy atom. The molecule has 1 N–H and O–H groups in total. The molecule has 0 heterocycles. The second kappa shape index (κ2) is 6.92. The summed E-state index contributed by atoms with van der Waals surface area (Å²) in [7, 11) is 0. The Hall–Kier alpha value is -0.580. The maximum absolute atomic E-state index is 10.4. The van der Waals surface area contributed by atoms with Gasteiger partial charge in [-0.3, -0.25) is 0 Å². The Morgan fingerprint density at radius 1 is 1.05 bits per heavy atom. The van der Waals surface area contributed by atoms with Crippen LogP contribution in [0.25, 0.3) is 0 Å². The van der Waals surface area contributed by atoms with Crippen molar-refractivity contribution in [2.75, 3.05) is 0 Å². The lowest BCUT2D eigenvalue weighted by Gasteiger charge is -2.14. The van der Waals surface area contributed by atoms with E-state index < -0.39 is 6.10 Å². The van der Waals surface area contributed by atoms with Crippen LogP contribution in [0, 0.1) is 3.57 Å². The predicted molar refractivity (Wildman–Crippen MR) is 93.4 cm³/mol. The minimum atomic E-state index is -0.629. The molecule has 0 aromatic heterocycles. The van der Waals surface area contributed by atoms with Crippen LogP contribution >= 0.6 is 34.2 Å². The van der Waals surface area contributed by atoms with Crippen LogP contribution in [0.15, 0.2) is 42.5 Å². The number of aliphatic hydroxyl groups excluding tert-OH is 1. The lowest BCUT2D eigenvalue weighted by Crippen LogP contribution is -2.01. The fourth-order valence-corrected chi connectivity index (χ4v) is 2.64. The molecule has 2 rings (SSSR count). The third kappa shape index (κ3) is 3.54. The van der Waals surface area contributed by atoms with Crippen LogP contribution in [0.1, 0.15) is 49.0 Å². The van der Waals surface area contributed by atoms with Gasteiger partial charge in [-0.25, -0.2) is 0 Å². The van der Waals surface area contributed by atoms with Crippen LogP contribution in [0.2, 0.25) is 5.02 Å². The van der Waals surface area contributed by atoms with Crippen molar-refractivity contribution in [3.05, 3.63) is 67.7 Å². The molecule has 0 amide bonds. The van der Waals surface area contributed by atoms with Crippen molar-refractivity contribution < 1.29 is 5.11 Å². The Kier molecular flexibility index (Phi) is 5.47. The first kappa shape index (κ1) is 15.8. The van der Waals surface area contributed by atoms with E-state index in [-0.39, 0.29) is 0 Å². The van der Waals surface area contributed by atoms with E-state index in [4.69, 9.17) is 11.6 Å². The standard InChI is InChI=1S/C17H18ClIO/c1-3-11(2)12-4-6-13(7-5-12)17(20)14-8-9-16(19)15(18)10-14/h4-11,17,20H,3H2,1-2H3. The van der Waals surface area contributed by atoms with Gasteiger partial charge in [-0.15, -0.1) is 0 Å². The number of aliphatic hydroxyl groups is 1. The fraction of sp³-hybridized carbons (Fsp3) is 0.294. The van der Waals surface area contributed by atoms with Crippen LogP contribution in [-0.2, 0) is 0 Å². The maximum atomic E-state index is 10.4. The van der Waals surface area contributed by atoms with E-state index in [0.29, 0.717) is 10.9 Å². The summed E-state index contributed by atoms with van der Waals surface area (Å²) in [5, 5.41) is 11.1. The van der Waals surface area contributed by atoms with Crippen LogP contribution in [0.4, 0.5) is 0 Å². The van der Waals surface area contributed by atoms with E-state index >= 15 is 0 Å². The highest BCUT2D eigenvalue weighted by Crippen LogP contribution is 2.28. The van der Waals surface area contributed by atoms with Gasteiger partial charge >= 0.3 is 0 Å². The van der Waals surface area contributed by atoms with E-state index in [1.165, 1.54) is 5.56 Å². The van der Waals surface area contributed by atoms with Gasteiger partial charge in [-0.2, -0.15) is 0 Å². The Labute approximate surface area is 139 Å². The van der Waals surface area contributed by atoms with E-state index in [2.05, 4.69) is 48.6 Å². The number of hydrogen-bond donors (Lipinski definition) is 1. The summed E-state index contributed by atoms with van der Waals surface area (Å²) in [4.78, 5) is 0. The summed E-state index contributed by atoms with van der Waals surface area (Å²) in [6, 6.07) is 13.9. The first-order chi connectivity index (χ1) is 9.52. The number of halogens is 2. The normalized spacial score (nSPS) is 14.1.